The van der Waals surface area contributed by atoms with E-state index in [0.717, 1.165) is 6.42 Å². The van der Waals surface area contributed by atoms with Gasteiger partial charge >= 0.3 is 11.9 Å². The first-order valence-electron chi connectivity index (χ1n) is 13.4. The van der Waals surface area contributed by atoms with Crippen LogP contribution >= 0.6 is 0 Å². The van der Waals surface area contributed by atoms with Crippen molar-refractivity contribution in [3.05, 3.63) is 47.6 Å². The average molecular weight is 529 g/mol. The molecule has 7 aliphatic rings. The topological polar surface area (TPSA) is 113 Å². The molecular weight excluding hydrogens is 492 g/mol. The van der Waals surface area contributed by atoms with Gasteiger partial charge in [-0.05, 0) is 39.2 Å². The third-order valence-electron chi connectivity index (χ3n) is 9.86. The summed E-state index contributed by atoms with van der Waals surface area (Å²) in [6.45, 7) is 7.98. The van der Waals surface area contributed by atoms with Gasteiger partial charge in [-0.25, -0.2) is 9.59 Å². The molecule has 38 heavy (non-hydrogen) atoms. The molecule has 206 valence electrons. The molecule has 9 atom stereocenters. The lowest BCUT2D eigenvalue weighted by Gasteiger charge is -2.58. The van der Waals surface area contributed by atoms with Gasteiger partial charge < -0.3 is 33.5 Å². The molecule has 1 N–H and O–H groups in total. The zero-order valence-corrected chi connectivity index (χ0v) is 22.3. The molecular formula is C29H36O9. The number of epoxide rings is 1. The van der Waals surface area contributed by atoms with Crippen LogP contribution in [0.5, 0.6) is 0 Å². The van der Waals surface area contributed by atoms with E-state index in [9.17, 15) is 14.7 Å². The fourth-order valence-corrected chi connectivity index (χ4v) is 7.32. The van der Waals surface area contributed by atoms with Crippen LogP contribution in [0.15, 0.2) is 47.6 Å². The number of ether oxygens (including phenoxy) is 6. The Kier molecular flexibility index (Phi) is 6.05. The maximum atomic E-state index is 13.1. The predicted octanol–water partition coefficient (Wildman–Crippen LogP) is 2.68. The van der Waals surface area contributed by atoms with Crippen molar-refractivity contribution in [3.8, 4) is 0 Å². The van der Waals surface area contributed by atoms with E-state index in [1.165, 1.54) is 17.7 Å². The van der Waals surface area contributed by atoms with Crippen molar-refractivity contribution in [1.29, 1.82) is 0 Å². The van der Waals surface area contributed by atoms with Gasteiger partial charge in [0.25, 0.3) is 0 Å². The highest BCUT2D eigenvalue weighted by Crippen LogP contribution is 2.72. The van der Waals surface area contributed by atoms with Gasteiger partial charge in [0.15, 0.2) is 0 Å². The molecule has 0 unspecified atom stereocenters. The highest BCUT2D eigenvalue weighted by Gasteiger charge is 2.83. The fraction of sp³-hybridized carbons (Fsp3) is 0.655. The Morgan fingerprint density at radius 2 is 1.84 bits per heavy atom. The van der Waals surface area contributed by atoms with E-state index in [0.29, 0.717) is 25.0 Å². The third-order valence-corrected chi connectivity index (χ3v) is 9.86. The van der Waals surface area contributed by atoms with Gasteiger partial charge in [-0.1, -0.05) is 36.8 Å². The molecule has 4 bridgehead atoms. The van der Waals surface area contributed by atoms with Crippen molar-refractivity contribution in [1.82, 2.24) is 0 Å². The van der Waals surface area contributed by atoms with E-state index < -0.39 is 52.5 Å². The summed E-state index contributed by atoms with van der Waals surface area (Å²) >= 11 is 0. The summed E-state index contributed by atoms with van der Waals surface area (Å²) in [7, 11) is 0. The Morgan fingerprint density at radius 3 is 2.58 bits per heavy atom. The van der Waals surface area contributed by atoms with Gasteiger partial charge in [0.05, 0.1) is 30.3 Å². The van der Waals surface area contributed by atoms with Crippen LogP contribution in [0.3, 0.4) is 0 Å². The van der Waals surface area contributed by atoms with E-state index in [1.54, 1.807) is 32.1 Å². The minimum absolute atomic E-state index is 0.0548. The van der Waals surface area contributed by atoms with E-state index in [-0.39, 0.29) is 25.4 Å². The van der Waals surface area contributed by atoms with Gasteiger partial charge in [-0.15, -0.1) is 0 Å². The van der Waals surface area contributed by atoms with Crippen molar-refractivity contribution in [2.24, 2.45) is 10.8 Å². The fourth-order valence-electron chi connectivity index (χ4n) is 7.32. The van der Waals surface area contributed by atoms with E-state index in [4.69, 9.17) is 28.4 Å². The van der Waals surface area contributed by atoms with Crippen LogP contribution in [0.25, 0.3) is 0 Å². The van der Waals surface area contributed by atoms with Crippen LogP contribution in [-0.4, -0.2) is 78.8 Å². The molecule has 0 amide bonds. The average Bonchev–Trinajstić information content (AvgIpc) is 3.64. The Morgan fingerprint density at radius 1 is 1.05 bits per heavy atom. The molecule has 9 heteroatoms. The summed E-state index contributed by atoms with van der Waals surface area (Å²) in [6, 6.07) is 0. The van der Waals surface area contributed by atoms with Gasteiger partial charge in [-0.2, -0.15) is 0 Å². The molecule has 2 spiro atoms. The molecule has 7 rings (SSSR count). The van der Waals surface area contributed by atoms with Crippen LogP contribution in [0.1, 0.15) is 47.0 Å². The summed E-state index contributed by atoms with van der Waals surface area (Å²) in [6.07, 6.45) is 9.90. The van der Waals surface area contributed by atoms with Crippen molar-refractivity contribution < 1.29 is 43.1 Å². The first-order valence-corrected chi connectivity index (χ1v) is 13.4. The lowest BCUT2D eigenvalue weighted by molar-refractivity contribution is -0.286. The lowest BCUT2D eigenvalue weighted by Crippen LogP contribution is -2.66. The molecule has 9 nitrogen and oxygen atoms in total. The third kappa shape index (κ3) is 3.70. The molecule has 5 aliphatic heterocycles. The quantitative estimate of drug-likeness (QED) is 0.288. The van der Waals surface area contributed by atoms with Crippen LogP contribution < -0.4 is 0 Å². The largest absolute Gasteiger partial charge is 0.462 e. The Labute approximate surface area is 222 Å². The first kappa shape index (κ1) is 26.0. The van der Waals surface area contributed by atoms with Gasteiger partial charge in [0, 0.05) is 24.0 Å². The summed E-state index contributed by atoms with van der Waals surface area (Å²) in [4.78, 5) is 26.1. The van der Waals surface area contributed by atoms with Crippen LogP contribution in [0.4, 0.5) is 0 Å². The summed E-state index contributed by atoms with van der Waals surface area (Å²) in [5.41, 5.74) is -0.391. The number of esters is 2. The van der Waals surface area contributed by atoms with E-state index in [2.05, 4.69) is 19.9 Å². The van der Waals surface area contributed by atoms with Crippen molar-refractivity contribution in [2.45, 2.75) is 88.9 Å². The minimum Gasteiger partial charge on any atom is -0.462 e. The standard InChI is InChI=1S/C29H36O9/c1-17-9-10-27-14-34-25(31)12-18(2)29(32)16-33-20(19(3)38-29)7-5-6-8-24(30)37-21-13-23(36-22(27)11-17)28(15-35-28)26(21,27)4/h5-8,11-12,19-23,32H,9-10,13-16H2,1-4H3/b7-5-,8-6-,18-12-/t19-,20-,21-,22-,23-,26-,27-,28+,29-/m1/s1. The minimum atomic E-state index is -1.75. The number of rotatable bonds is 0. The molecule has 0 radical (unpaired) electrons. The van der Waals surface area contributed by atoms with Gasteiger partial charge in [0.1, 0.15) is 31.0 Å². The highest BCUT2D eigenvalue weighted by atomic mass is 16.7. The second-order valence-electron chi connectivity index (χ2n) is 11.8. The number of hydrogen-bond donors (Lipinski definition) is 1. The molecule has 2 aliphatic carbocycles. The number of aliphatic hydroxyl groups is 1. The first-order chi connectivity index (χ1) is 18.0. The smallest absolute Gasteiger partial charge is 0.331 e. The highest BCUT2D eigenvalue weighted by molar-refractivity contribution is 5.83. The van der Waals surface area contributed by atoms with E-state index >= 15 is 0 Å². The number of allylic oxidation sites excluding steroid dienone is 3. The zero-order valence-electron chi connectivity index (χ0n) is 22.3. The molecule has 0 aromatic carbocycles. The molecule has 4 fully saturated rings. The Hall–Kier alpha value is -2.30. The van der Waals surface area contributed by atoms with Crippen LogP contribution in [0, 0.1) is 10.8 Å². The summed E-state index contributed by atoms with van der Waals surface area (Å²) < 4.78 is 36.5. The SMILES string of the molecule is CC1=C[C@H]2O[C@@H]3C[C@H]4OC(=O)/C=C\C=C/[C@H]5OC[C@@](O)(O[C@@H]5C)/C(C)=C\C(=O)OC[C@@]2(CC1)[C@]4(C)[C@]31CO1. The summed E-state index contributed by atoms with van der Waals surface area (Å²) in [5, 5.41) is 11.1. The van der Waals surface area contributed by atoms with Crippen molar-refractivity contribution in [3.63, 3.8) is 0 Å². The maximum Gasteiger partial charge on any atom is 0.331 e. The second-order valence-corrected chi connectivity index (χ2v) is 11.8. The van der Waals surface area contributed by atoms with E-state index in [1.807, 2.05) is 0 Å². The molecule has 3 saturated heterocycles. The number of carbonyl (C=O) groups excluding carboxylic acids is 2. The molecule has 0 aromatic heterocycles. The number of carbonyl (C=O) groups is 2. The molecule has 1 saturated carbocycles. The van der Waals surface area contributed by atoms with Crippen LogP contribution in [0.2, 0.25) is 0 Å². The maximum absolute atomic E-state index is 13.1. The molecule has 0 aromatic rings. The monoisotopic (exact) mass is 528 g/mol. The predicted molar refractivity (Wildman–Crippen MR) is 134 cm³/mol. The van der Waals surface area contributed by atoms with Crippen molar-refractivity contribution >= 4 is 11.9 Å². The summed E-state index contributed by atoms with van der Waals surface area (Å²) in [5.74, 6) is -2.81. The van der Waals surface area contributed by atoms with Crippen molar-refractivity contribution in [2.75, 3.05) is 19.8 Å². The Bertz CT molecular complexity index is 1150. The van der Waals surface area contributed by atoms with Gasteiger partial charge in [-0.3, -0.25) is 0 Å². The lowest BCUT2D eigenvalue weighted by atomic mass is 9.51. The van der Waals surface area contributed by atoms with Crippen LogP contribution in [-0.2, 0) is 38.0 Å². The second kappa shape index (κ2) is 8.86. The van der Waals surface area contributed by atoms with Gasteiger partial charge in [0.2, 0.25) is 5.79 Å². The molecule has 5 heterocycles. The number of hydrogen-bond acceptors (Lipinski definition) is 9. The normalized spacial score (nSPS) is 51.4. The Balaban J connectivity index is 1.40. The zero-order chi connectivity index (χ0) is 26.9. The number of fused-ring (bicyclic) bond motifs is 8.